The molecule has 0 unspecified atom stereocenters. The molecule has 0 aromatic heterocycles. The van der Waals surface area contributed by atoms with Crippen LogP contribution in [0.3, 0.4) is 0 Å². The second-order valence-corrected chi connectivity index (χ2v) is 11.6. The smallest absolute Gasteiger partial charge is 0.218 e. The number of benzene rings is 3. The lowest BCUT2D eigenvalue weighted by Crippen LogP contribution is -2.67. The molecule has 5 rings (SSSR count). The summed E-state index contributed by atoms with van der Waals surface area (Å²) in [6.07, 6.45) is 1.75. The molecule has 0 saturated carbocycles. The highest BCUT2D eigenvalue weighted by Gasteiger charge is 2.50. The lowest BCUT2D eigenvalue weighted by atomic mass is 9.74. The van der Waals surface area contributed by atoms with Gasteiger partial charge in [0.05, 0.1) is 12.4 Å². The Labute approximate surface area is 214 Å². The first kappa shape index (κ1) is 24.7. The monoisotopic (exact) mass is 500 g/mol. The van der Waals surface area contributed by atoms with Crippen molar-refractivity contribution in [3.05, 3.63) is 107 Å². The fourth-order valence-corrected chi connectivity index (χ4v) is 7.08. The molecule has 186 valence electrons. The van der Waals surface area contributed by atoms with Crippen molar-refractivity contribution in [2.24, 2.45) is 0 Å². The van der Waals surface area contributed by atoms with Crippen molar-refractivity contribution >= 4 is 10.0 Å². The number of rotatable bonds is 5. The molecule has 2 fully saturated rings. The molecule has 2 saturated heterocycles. The number of fused-ring (bicyclic) bond motifs is 1. The van der Waals surface area contributed by atoms with E-state index in [1.807, 2.05) is 72.8 Å². The van der Waals surface area contributed by atoms with Crippen LogP contribution >= 0.6 is 0 Å². The van der Waals surface area contributed by atoms with Gasteiger partial charge in [-0.15, -0.1) is 0 Å². The normalized spacial score (nSPS) is 22.9. The maximum atomic E-state index is 13.4. The summed E-state index contributed by atoms with van der Waals surface area (Å²) >= 11 is 0. The average molecular weight is 501 g/mol. The molecule has 3 atom stereocenters. The van der Waals surface area contributed by atoms with Crippen molar-refractivity contribution in [1.29, 1.82) is 0 Å². The lowest BCUT2D eigenvalue weighted by Gasteiger charge is -2.57. The van der Waals surface area contributed by atoms with E-state index in [0.717, 1.165) is 41.6 Å². The van der Waals surface area contributed by atoms with Crippen molar-refractivity contribution in [2.75, 3.05) is 26.2 Å². The highest BCUT2D eigenvalue weighted by molar-refractivity contribution is 7.88. The van der Waals surface area contributed by atoms with Gasteiger partial charge in [0, 0.05) is 42.2 Å². The van der Waals surface area contributed by atoms with Crippen LogP contribution in [-0.2, 0) is 15.8 Å². The summed E-state index contributed by atoms with van der Waals surface area (Å²) in [6.45, 7) is 1.95. The molecule has 3 aromatic carbocycles. The Morgan fingerprint density at radius 1 is 0.806 bits per heavy atom. The largest absolute Gasteiger partial charge is 0.395 e. The van der Waals surface area contributed by atoms with Gasteiger partial charge in [-0.1, -0.05) is 72.5 Å². The van der Waals surface area contributed by atoms with Crippen LogP contribution in [0.5, 0.6) is 0 Å². The van der Waals surface area contributed by atoms with E-state index in [1.54, 1.807) is 4.31 Å². The van der Waals surface area contributed by atoms with E-state index in [9.17, 15) is 13.5 Å². The third-order valence-electron chi connectivity index (χ3n) is 7.34. The SMILES string of the molecule is O=S(=O)(Cc1ccccc1)N1CCCCN2[C@H](CO)[C@@H](c3ccc(C#Cc4ccccc4)cc3)[C@H]2C1. The molecule has 36 heavy (non-hydrogen) atoms. The van der Waals surface area contributed by atoms with Crippen molar-refractivity contribution in [3.8, 4) is 11.8 Å². The third-order valence-corrected chi connectivity index (χ3v) is 9.16. The zero-order valence-electron chi connectivity index (χ0n) is 20.3. The van der Waals surface area contributed by atoms with E-state index in [2.05, 4.69) is 28.9 Å². The average Bonchev–Trinajstić information content (AvgIpc) is 2.88. The van der Waals surface area contributed by atoms with Gasteiger partial charge in [-0.2, -0.15) is 0 Å². The molecule has 0 radical (unpaired) electrons. The van der Waals surface area contributed by atoms with E-state index in [4.69, 9.17) is 0 Å². The fraction of sp³-hybridized carbons (Fsp3) is 0.333. The number of aliphatic hydroxyl groups excluding tert-OH is 1. The Morgan fingerprint density at radius 2 is 1.42 bits per heavy atom. The van der Waals surface area contributed by atoms with Gasteiger partial charge in [-0.25, -0.2) is 12.7 Å². The van der Waals surface area contributed by atoms with Crippen LogP contribution in [0.1, 0.15) is 41.0 Å². The highest BCUT2D eigenvalue weighted by Crippen LogP contribution is 2.42. The minimum Gasteiger partial charge on any atom is -0.395 e. The minimum atomic E-state index is -3.44. The standard InChI is InChI=1S/C30H32N2O3S/c33-22-29-30(27-17-15-25(16-18-27)14-13-24-9-3-1-4-10-24)28-21-31(19-7-8-20-32(28)29)36(34,35)23-26-11-5-2-6-12-26/h1-6,9-12,15-18,28-30,33H,7-8,19-23H2/t28-,29-,30+/m1/s1. The van der Waals surface area contributed by atoms with Gasteiger partial charge in [0.25, 0.3) is 0 Å². The van der Waals surface area contributed by atoms with E-state index in [0.29, 0.717) is 13.1 Å². The van der Waals surface area contributed by atoms with E-state index in [-0.39, 0.29) is 30.4 Å². The molecule has 0 amide bonds. The van der Waals surface area contributed by atoms with Gasteiger partial charge in [-0.3, -0.25) is 4.90 Å². The number of sulfonamides is 1. The molecule has 5 nitrogen and oxygen atoms in total. The lowest BCUT2D eigenvalue weighted by molar-refractivity contribution is -0.0554. The summed E-state index contributed by atoms with van der Waals surface area (Å²) in [5.41, 5.74) is 3.84. The summed E-state index contributed by atoms with van der Waals surface area (Å²) < 4.78 is 28.4. The number of aliphatic hydroxyl groups is 1. The Bertz CT molecular complexity index is 1320. The van der Waals surface area contributed by atoms with Gasteiger partial charge in [0.2, 0.25) is 10.0 Å². The number of nitrogens with zero attached hydrogens (tertiary/aromatic N) is 2. The maximum Gasteiger partial charge on any atom is 0.218 e. The highest BCUT2D eigenvalue weighted by atomic mass is 32.2. The summed E-state index contributed by atoms with van der Waals surface area (Å²) in [6, 6.07) is 27.6. The fourth-order valence-electron chi connectivity index (χ4n) is 5.49. The summed E-state index contributed by atoms with van der Waals surface area (Å²) in [4.78, 5) is 2.30. The second-order valence-electron chi connectivity index (χ2n) is 9.63. The van der Waals surface area contributed by atoms with Crippen LogP contribution in [-0.4, -0.2) is 61.1 Å². The molecule has 6 heteroatoms. The molecular weight excluding hydrogens is 468 g/mol. The van der Waals surface area contributed by atoms with E-state index < -0.39 is 10.0 Å². The van der Waals surface area contributed by atoms with Crippen molar-refractivity contribution < 1.29 is 13.5 Å². The van der Waals surface area contributed by atoms with E-state index in [1.165, 1.54) is 0 Å². The summed E-state index contributed by atoms with van der Waals surface area (Å²) in [5.74, 6) is 6.50. The van der Waals surface area contributed by atoms with E-state index >= 15 is 0 Å². The first-order valence-corrected chi connectivity index (χ1v) is 14.2. The van der Waals surface area contributed by atoms with Crippen LogP contribution in [0.4, 0.5) is 0 Å². The molecule has 1 N–H and O–H groups in total. The van der Waals surface area contributed by atoms with Crippen LogP contribution in [0, 0.1) is 11.8 Å². The van der Waals surface area contributed by atoms with Crippen LogP contribution in [0.25, 0.3) is 0 Å². The van der Waals surface area contributed by atoms with Crippen LogP contribution in [0.15, 0.2) is 84.9 Å². The van der Waals surface area contributed by atoms with Gasteiger partial charge in [-0.05, 0) is 54.8 Å². The first-order valence-electron chi connectivity index (χ1n) is 12.6. The predicted molar refractivity (Wildman–Crippen MR) is 143 cm³/mol. The quantitative estimate of drug-likeness (QED) is 0.541. The second kappa shape index (κ2) is 11.0. The summed E-state index contributed by atoms with van der Waals surface area (Å²) in [5, 5.41) is 10.2. The van der Waals surface area contributed by atoms with Gasteiger partial charge in [0.15, 0.2) is 0 Å². The number of hydrogen-bond donors (Lipinski definition) is 1. The molecular formula is C30H32N2O3S. The Morgan fingerprint density at radius 3 is 2.08 bits per heavy atom. The topological polar surface area (TPSA) is 60.9 Å². The molecule has 2 aliphatic heterocycles. The molecule has 0 spiro atoms. The predicted octanol–water partition coefficient (Wildman–Crippen LogP) is 3.84. The number of hydrogen-bond acceptors (Lipinski definition) is 4. The Hall–Kier alpha value is -2.95. The van der Waals surface area contributed by atoms with Crippen LogP contribution in [0.2, 0.25) is 0 Å². The van der Waals surface area contributed by atoms with Gasteiger partial charge < -0.3 is 5.11 Å². The summed E-state index contributed by atoms with van der Waals surface area (Å²) in [7, 11) is -3.44. The third kappa shape index (κ3) is 5.40. The van der Waals surface area contributed by atoms with Crippen LogP contribution < -0.4 is 0 Å². The minimum absolute atomic E-state index is 0.00744. The molecule has 0 bridgehead atoms. The maximum absolute atomic E-state index is 13.4. The van der Waals surface area contributed by atoms with Gasteiger partial charge in [0.1, 0.15) is 0 Å². The Balaban J connectivity index is 1.35. The van der Waals surface area contributed by atoms with Crippen molar-refractivity contribution in [3.63, 3.8) is 0 Å². The molecule has 3 aromatic rings. The van der Waals surface area contributed by atoms with Crippen molar-refractivity contribution in [1.82, 2.24) is 9.21 Å². The van der Waals surface area contributed by atoms with Crippen molar-refractivity contribution in [2.45, 2.75) is 36.6 Å². The first-order chi connectivity index (χ1) is 17.5. The zero-order valence-corrected chi connectivity index (χ0v) is 21.1. The molecule has 2 heterocycles. The Kier molecular flexibility index (Phi) is 7.54. The molecule has 0 aliphatic carbocycles. The van der Waals surface area contributed by atoms with Gasteiger partial charge >= 0.3 is 0 Å². The zero-order chi connectivity index (χ0) is 25.0. The molecule has 2 aliphatic rings.